The quantitative estimate of drug-likeness (QED) is 0.0176. The number of nitrogens with zero attached hydrogens (tertiary/aromatic N) is 3. The second kappa shape index (κ2) is 31.8. The van der Waals surface area contributed by atoms with Gasteiger partial charge in [0.25, 0.3) is 0 Å². The van der Waals surface area contributed by atoms with Gasteiger partial charge in [0.1, 0.15) is 53.9 Å². The van der Waals surface area contributed by atoms with Crippen LogP contribution in [0.1, 0.15) is 81.5 Å². The molecule has 8 amide bonds. The van der Waals surface area contributed by atoms with Gasteiger partial charge < -0.3 is 68.4 Å². The van der Waals surface area contributed by atoms with Crippen molar-refractivity contribution < 1.29 is 53.0 Å². The number of aromatic amines is 1. The molecule has 0 unspecified atom stereocenters. The fourth-order valence-electron chi connectivity index (χ4n) is 11.0. The number of rotatable bonds is 30. The Morgan fingerprint density at radius 3 is 2.02 bits per heavy atom. The van der Waals surface area contributed by atoms with Crippen LogP contribution in [0, 0.1) is 11.7 Å². The molecule has 7 rings (SSSR count). The van der Waals surface area contributed by atoms with Crippen molar-refractivity contribution in [3.05, 3.63) is 150 Å². The predicted molar refractivity (Wildman–Crippen MR) is 332 cm³/mol. The van der Waals surface area contributed by atoms with Gasteiger partial charge in [0, 0.05) is 69.5 Å². The molecule has 88 heavy (non-hydrogen) atoms. The van der Waals surface area contributed by atoms with Crippen LogP contribution in [0.5, 0.6) is 5.75 Å². The Balaban J connectivity index is 1.16. The number of nitrogens with one attached hydrogen (secondary N) is 7. The average Bonchev–Trinajstić information content (AvgIpc) is 3.89. The third-order valence-corrected chi connectivity index (χ3v) is 15.6. The minimum absolute atomic E-state index is 0.0270. The maximum Gasteiger partial charge on any atom is 0.247 e. The largest absolute Gasteiger partial charge is 0.508 e. The van der Waals surface area contributed by atoms with Crippen LogP contribution in [0.2, 0.25) is 0 Å². The maximum atomic E-state index is 15.2. The summed E-state index contributed by atoms with van der Waals surface area (Å²) in [4.78, 5) is 125. The van der Waals surface area contributed by atoms with Crippen LogP contribution >= 0.6 is 0 Å². The Bertz CT molecular complexity index is 3420. The standard InChI is InChI=1S/C65H81FN12O10/c1-5-69-61(85)55-20-12-32-78(55)64(88)50(19-11-31-70-65(67)68)73-58(82)51(33-39(2)3)74-60(84)53(36-44-37-71-49-18-9-8-17-48(44)49)75-62(86)56(34-41-23-28-46(80)29-24-41)77(4)63(87)54(38-79)76-59(83)52(35-43-15-10-14-42-13-6-7-16-47(42)43)72-57(81)30-25-40-21-26-45(66)27-22-40/h6-10,13-18,21-24,26-29,37,39,50-56,71,79-80H,5,11-12,19-20,25,30-36,38H2,1-4H3,(H,69,85)(H,72,81)(H,73,82)(H,74,84)(H,75,86)(H,76,83)(H4,67,68,70)/t50-,51-,52-,53+,54-,55+,56-/m0/s1. The van der Waals surface area contributed by atoms with E-state index in [-0.39, 0.29) is 88.0 Å². The summed E-state index contributed by atoms with van der Waals surface area (Å²) in [5.41, 5.74) is 14.4. The number of aromatic nitrogens is 1. The highest BCUT2D eigenvalue weighted by Crippen LogP contribution is 2.24. The number of likely N-dealkylation sites (N-methyl/N-ethyl adjacent to an activating group) is 2. The summed E-state index contributed by atoms with van der Waals surface area (Å²) in [6.45, 7) is 5.30. The molecule has 0 spiro atoms. The Labute approximate surface area is 510 Å². The van der Waals surface area contributed by atoms with Gasteiger partial charge in [0.15, 0.2) is 5.96 Å². The van der Waals surface area contributed by atoms with Gasteiger partial charge in [-0.1, -0.05) is 98.8 Å². The maximum absolute atomic E-state index is 15.2. The van der Waals surface area contributed by atoms with Gasteiger partial charge in [-0.2, -0.15) is 0 Å². The summed E-state index contributed by atoms with van der Waals surface area (Å²) in [6, 6.07) is 22.9. The molecule has 1 aliphatic heterocycles. The van der Waals surface area contributed by atoms with E-state index < -0.39 is 96.1 Å². The summed E-state index contributed by atoms with van der Waals surface area (Å²) < 4.78 is 13.7. The normalized spacial score (nSPS) is 15.0. The second-order valence-electron chi connectivity index (χ2n) is 22.6. The molecule has 468 valence electrons. The Morgan fingerprint density at radius 1 is 0.716 bits per heavy atom. The third kappa shape index (κ3) is 18.3. The zero-order chi connectivity index (χ0) is 63.4. The number of aliphatic hydroxyl groups is 1. The van der Waals surface area contributed by atoms with E-state index >= 15 is 9.59 Å². The molecule has 0 bridgehead atoms. The van der Waals surface area contributed by atoms with E-state index in [1.807, 2.05) is 80.6 Å². The molecular formula is C65H81FN12O10. The average molecular weight is 1210 g/mol. The van der Waals surface area contributed by atoms with Crippen molar-refractivity contribution in [1.29, 1.82) is 0 Å². The summed E-state index contributed by atoms with van der Waals surface area (Å²) in [7, 11) is 1.31. The van der Waals surface area contributed by atoms with E-state index in [4.69, 9.17) is 11.5 Å². The molecule has 22 nitrogen and oxygen atoms in total. The van der Waals surface area contributed by atoms with Crippen LogP contribution < -0.4 is 43.4 Å². The molecule has 0 saturated carbocycles. The third-order valence-electron chi connectivity index (χ3n) is 15.6. The fourth-order valence-corrected chi connectivity index (χ4v) is 11.0. The lowest BCUT2D eigenvalue weighted by Gasteiger charge is -2.32. The number of benzene rings is 5. The van der Waals surface area contributed by atoms with E-state index in [1.165, 1.54) is 36.2 Å². The van der Waals surface area contributed by atoms with Gasteiger partial charge in [0.05, 0.1) is 6.61 Å². The van der Waals surface area contributed by atoms with Gasteiger partial charge in [-0.05, 0) is 115 Å². The van der Waals surface area contributed by atoms with Crippen LogP contribution in [0.25, 0.3) is 21.7 Å². The summed E-state index contributed by atoms with van der Waals surface area (Å²) in [6.07, 6.45) is 2.92. The molecule has 1 fully saturated rings. The number of likely N-dealkylation sites (tertiary alicyclic amines) is 1. The fraction of sp³-hybridized carbons (Fsp3) is 0.400. The van der Waals surface area contributed by atoms with Crippen LogP contribution in [-0.4, -0.2) is 154 Å². The molecule has 7 atom stereocenters. The number of guanidine groups is 1. The molecule has 5 aromatic carbocycles. The van der Waals surface area contributed by atoms with E-state index in [2.05, 4.69) is 41.9 Å². The zero-order valence-electron chi connectivity index (χ0n) is 50.1. The van der Waals surface area contributed by atoms with Crippen molar-refractivity contribution in [2.75, 3.05) is 33.3 Å². The number of aryl methyl sites for hydroxylation is 1. The van der Waals surface area contributed by atoms with E-state index in [0.29, 0.717) is 41.6 Å². The predicted octanol–water partition coefficient (Wildman–Crippen LogP) is 3.30. The number of carbonyl (C=O) groups is 8. The molecule has 1 aromatic heterocycles. The van der Waals surface area contributed by atoms with Gasteiger partial charge in [-0.15, -0.1) is 0 Å². The van der Waals surface area contributed by atoms with Crippen LogP contribution in [0.4, 0.5) is 4.39 Å². The first-order chi connectivity index (χ1) is 42.2. The number of hydrogen-bond donors (Lipinski definition) is 11. The highest BCUT2D eigenvalue weighted by atomic mass is 19.1. The van der Waals surface area contributed by atoms with Crippen LogP contribution in [0.3, 0.4) is 0 Å². The first-order valence-electron chi connectivity index (χ1n) is 29.8. The monoisotopic (exact) mass is 1210 g/mol. The van der Waals surface area contributed by atoms with Gasteiger partial charge in [-0.25, -0.2) is 4.39 Å². The summed E-state index contributed by atoms with van der Waals surface area (Å²) in [5, 5.41) is 40.4. The zero-order valence-corrected chi connectivity index (χ0v) is 50.1. The first-order valence-corrected chi connectivity index (χ1v) is 29.8. The highest BCUT2D eigenvalue weighted by Gasteiger charge is 2.40. The number of nitrogens with two attached hydrogens (primary N) is 2. The number of aliphatic imine (C=N–C) groups is 1. The van der Waals surface area contributed by atoms with Crippen LogP contribution in [-0.2, 0) is 64.0 Å². The molecule has 23 heteroatoms. The van der Waals surface area contributed by atoms with Crippen LogP contribution in [0.15, 0.2) is 126 Å². The van der Waals surface area contributed by atoms with E-state index in [9.17, 15) is 43.4 Å². The molecular weight excluding hydrogens is 1130 g/mol. The molecule has 0 aliphatic carbocycles. The first kappa shape index (κ1) is 66.2. The number of para-hydroxylation sites is 1. The van der Waals surface area contributed by atoms with Crippen molar-refractivity contribution in [2.45, 2.75) is 127 Å². The lowest BCUT2D eigenvalue weighted by atomic mass is 9.97. The molecule has 1 aliphatic rings. The van der Waals surface area contributed by atoms with Crippen molar-refractivity contribution in [2.24, 2.45) is 22.4 Å². The van der Waals surface area contributed by atoms with Gasteiger partial charge >= 0.3 is 0 Å². The Hall–Kier alpha value is -9.38. The minimum Gasteiger partial charge on any atom is -0.508 e. The lowest BCUT2D eigenvalue weighted by molar-refractivity contribution is -0.144. The topological polar surface area (TPSA) is 336 Å². The molecule has 0 radical (unpaired) electrons. The molecule has 6 aromatic rings. The van der Waals surface area contributed by atoms with E-state index in [0.717, 1.165) is 26.6 Å². The minimum atomic E-state index is -1.67. The number of amides is 8. The second-order valence-corrected chi connectivity index (χ2v) is 22.6. The molecule has 13 N–H and O–H groups in total. The number of carbonyl (C=O) groups excluding carboxylic acids is 8. The number of aromatic hydroxyl groups is 1. The van der Waals surface area contributed by atoms with Gasteiger partial charge in [0.2, 0.25) is 47.3 Å². The summed E-state index contributed by atoms with van der Waals surface area (Å²) in [5.74, 6) is -6.25. The van der Waals surface area contributed by atoms with Crippen molar-refractivity contribution in [3.8, 4) is 5.75 Å². The van der Waals surface area contributed by atoms with E-state index in [1.54, 1.807) is 37.4 Å². The molecule has 1 saturated heterocycles. The number of aliphatic hydroxyl groups excluding tert-OH is 1. The smallest absolute Gasteiger partial charge is 0.247 e. The number of hydrogen-bond acceptors (Lipinski definition) is 11. The molecule has 2 heterocycles. The highest BCUT2D eigenvalue weighted by molar-refractivity contribution is 5.99. The number of phenolic OH excluding ortho intramolecular Hbond substituents is 1. The Kier molecular flexibility index (Phi) is 23.9. The summed E-state index contributed by atoms with van der Waals surface area (Å²) >= 11 is 0. The number of phenols is 1. The SMILES string of the molecule is CCNC(=O)[C@H]1CCCN1C(=O)[C@H](CCCN=C(N)N)NC(=O)[C@H](CC(C)C)NC(=O)[C@@H](Cc1c[nH]c2ccccc12)NC(=O)[C@H](Cc1ccc(O)cc1)N(C)C(=O)[C@H](CO)NC(=O)[C@H](Cc1cccc2ccccc12)NC(=O)CCc1ccc(F)cc1. The number of halogens is 1. The number of H-pyrrole nitrogens is 1. The van der Waals surface area contributed by atoms with Gasteiger partial charge in [-0.3, -0.25) is 43.3 Å². The Morgan fingerprint density at radius 2 is 1.33 bits per heavy atom. The lowest BCUT2D eigenvalue weighted by Crippen LogP contribution is -2.61. The number of fused-ring (bicyclic) bond motifs is 2. The van der Waals surface area contributed by atoms with Crippen molar-refractivity contribution in [3.63, 3.8) is 0 Å². The van der Waals surface area contributed by atoms with Crippen molar-refractivity contribution >= 4 is 74.9 Å². The van der Waals surface area contributed by atoms with Crippen molar-refractivity contribution in [1.82, 2.24) is 46.7 Å².